The van der Waals surface area contributed by atoms with Gasteiger partial charge in [0.2, 0.25) is 5.96 Å². The van der Waals surface area contributed by atoms with Crippen LogP contribution in [0.3, 0.4) is 0 Å². The Morgan fingerprint density at radius 3 is 2.66 bits per heavy atom. The minimum atomic E-state index is -0.563. The Bertz CT molecular complexity index is 895. The maximum Gasteiger partial charge on any atom is 0.328 e. The van der Waals surface area contributed by atoms with Crippen molar-refractivity contribution in [2.45, 2.75) is 25.6 Å². The molecular formula is C21H25N5O3. The molecule has 1 fully saturated rings. The van der Waals surface area contributed by atoms with Gasteiger partial charge in [-0.05, 0) is 18.9 Å². The molecule has 1 aromatic rings. The first-order valence-electron chi connectivity index (χ1n) is 9.75. The van der Waals surface area contributed by atoms with E-state index in [1.807, 2.05) is 65.4 Å². The number of aliphatic imine (C=N–C) groups is 1. The van der Waals surface area contributed by atoms with Gasteiger partial charge in [0.05, 0.1) is 0 Å². The van der Waals surface area contributed by atoms with Crippen LogP contribution in [0.25, 0.3) is 6.08 Å². The molecule has 152 valence electrons. The SMILES string of the molecule is CC1=CN2C(=NC3C2C(=O)N(C/C=C/c2ccccc2)C(=O)N3C)N1CCCO. The zero-order valence-corrected chi connectivity index (χ0v) is 16.6. The molecule has 4 rings (SSSR count). The number of aliphatic hydroxyl groups excluding tert-OH is 1. The van der Waals surface area contributed by atoms with Crippen LogP contribution in [-0.4, -0.2) is 81.6 Å². The van der Waals surface area contributed by atoms with Crippen molar-refractivity contribution in [2.75, 3.05) is 26.7 Å². The van der Waals surface area contributed by atoms with Gasteiger partial charge in [0.1, 0.15) is 0 Å². The van der Waals surface area contributed by atoms with Crippen LogP contribution in [0.5, 0.6) is 0 Å². The summed E-state index contributed by atoms with van der Waals surface area (Å²) in [7, 11) is 1.68. The van der Waals surface area contributed by atoms with Gasteiger partial charge in [-0.1, -0.05) is 42.5 Å². The number of fused-ring (bicyclic) bond motifs is 3. The number of benzene rings is 1. The number of imide groups is 1. The Kier molecular flexibility index (Phi) is 5.10. The first-order valence-corrected chi connectivity index (χ1v) is 9.75. The minimum Gasteiger partial charge on any atom is -0.396 e. The number of rotatable bonds is 6. The lowest BCUT2D eigenvalue weighted by molar-refractivity contribution is -0.136. The third-order valence-electron chi connectivity index (χ3n) is 5.44. The van der Waals surface area contributed by atoms with E-state index in [1.54, 1.807) is 7.05 Å². The van der Waals surface area contributed by atoms with E-state index in [9.17, 15) is 9.59 Å². The highest BCUT2D eigenvalue weighted by Crippen LogP contribution is 2.33. The maximum atomic E-state index is 13.2. The van der Waals surface area contributed by atoms with Crippen LogP contribution in [0.4, 0.5) is 4.79 Å². The Morgan fingerprint density at radius 1 is 1.17 bits per heavy atom. The summed E-state index contributed by atoms with van der Waals surface area (Å²) >= 11 is 0. The molecule has 0 radical (unpaired) electrons. The van der Waals surface area contributed by atoms with E-state index >= 15 is 0 Å². The zero-order valence-electron chi connectivity index (χ0n) is 16.6. The highest BCUT2D eigenvalue weighted by atomic mass is 16.3. The molecule has 1 aromatic carbocycles. The normalized spacial score (nSPS) is 23.7. The van der Waals surface area contributed by atoms with E-state index in [0.29, 0.717) is 18.9 Å². The summed E-state index contributed by atoms with van der Waals surface area (Å²) in [6.07, 6.45) is 5.70. The van der Waals surface area contributed by atoms with E-state index in [-0.39, 0.29) is 25.1 Å². The predicted molar refractivity (Wildman–Crippen MR) is 109 cm³/mol. The number of guanidine groups is 1. The second-order valence-electron chi connectivity index (χ2n) is 7.35. The summed E-state index contributed by atoms with van der Waals surface area (Å²) < 4.78 is 0. The van der Waals surface area contributed by atoms with Gasteiger partial charge in [0.25, 0.3) is 5.91 Å². The van der Waals surface area contributed by atoms with E-state index in [2.05, 4.69) is 4.99 Å². The molecule has 1 N–H and O–H groups in total. The fourth-order valence-corrected chi connectivity index (χ4v) is 3.93. The molecule has 0 saturated carbocycles. The summed E-state index contributed by atoms with van der Waals surface area (Å²) in [6.45, 7) is 2.86. The molecule has 0 aliphatic carbocycles. The smallest absolute Gasteiger partial charge is 0.328 e. The quantitative estimate of drug-likeness (QED) is 0.790. The van der Waals surface area contributed by atoms with Gasteiger partial charge < -0.3 is 19.8 Å². The van der Waals surface area contributed by atoms with Crippen LogP contribution in [0, 0.1) is 0 Å². The number of allylic oxidation sites excluding steroid dienone is 1. The molecule has 1 saturated heterocycles. The number of urea groups is 1. The standard InChI is InChI=1S/C21H25N5O3/c1-15-14-26-17-18(22-20(26)24(15)12-7-13-27)23(2)21(29)25(19(17)28)11-6-10-16-8-4-3-5-9-16/h3-6,8-10,14,17-18,27H,7,11-13H2,1-2H3/b10-6+. The highest BCUT2D eigenvalue weighted by Gasteiger charge is 2.53. The van der Waals surface area contributed by atoms with Gasteiger partial charge in [-0.15, -0.1) is 0 Å². The molecule has 0 spiro atoms. The van der Waals surface area contributed by atoms with Crippen molar-refractivity contribution in [3.05, 3.63) is 53.9 Å². The largest absolute Gasteiger partial charge is 0.396 e. The zero-order chi connectivity index (χ0) is 20.5. The average Bonchev–Trinajstić information content (AvgIpc) is 3.23. The number of likely N-dealkylation sites (N-methyl/N-ethyl adjacent to an activating group) is 1. The Balaban J connectivity index is 1.53. The van der Waals surface area contributed by atoms with Crippen molar-refractivity contribution in [1.82, 2.24) is 19.6 Å². The summed E-state index contributed by atoms with van der Waals surface area (Å²) in [5.74, 6) is 0.420. The van der Waals surface area contributed by atoms with Crippen molar-refractivity contribution >= 4 is 24.0 Å². The lowest BCUT2D eigenvalue weighted by Gasteiger charge is -2.39. The van der Waals surface area contributed by atoms with E-state index in [0.717, 1.165) is 11.3 Å². The molecule has 0 aromatic heterocycles. The van der Waals surface area contributed by atoms with Crippen molar-refractivity contribution in [1.29, 1.82) is 0 Å². The molecule has 0 bridgehead atoms. The van der Waals surface area contributed by atoms with Crippen LogP contribution in [0.1, 0.15) is 18.9 Å². The Labute approximate surface area is 170 Å². The van der Waals surface area contributed by atoms with Crippen LogP contribution in [0.15, 0.2) is 53.3 Å². The first-order chi connectivity index (χ1) is 14.0. The molecule has 3 amide bonds. The predicted octanol–water partition coefficient (Wildman–Crippen LogP) is 1.52. The Hall–Kier alpha value is -3.13. The summed E-state index contributed by atoms with van der Waals surface area (Å²) in [4.78, 5) is 37.3. The van der Waals surface area contributed by atoms with E-state index < -0.39 is 12.2 Å². The topological polar surface area (TPSA) is 79.7 Å². The number of amides is 3. The van der Waals surface area contributed by atoms with Crippen LogP contribution in [0.2, 0.25) is 0 Å². The summed E-state index contributed by atoms with van der Waals surface area (Å²) in [5, 5.41) is 9.16. The van der Waals surface area contributed by atoms with Crippen molar-refractivity contribution in [2.24, 2.45) is 4.99 Å². The minimum absolute atomic E-state index is 0.0861. The van der Waals surface area contributed by atoms with Gasteiger partial charge in [0, 0.05) is 38.6 Å². The number of carbonyl (C=O) groups excluding carboxylic acids is 2. The molecule has 2 atom stereocenters. The Morgan fingerprint density at radius 2 is 1.93 bits per heavy atom. The van der Waals surface area contributed by atoms with Crippen LogP contribution in [-0.2, 0) is 4.79 Å². The average molecular weight is 395 g/mol. The van der Waals surface area contributed by atoms with Gasteiger partial charge in [0.15, 0.2) is 12.2 Å². The van der Waals surface area contributed by atoms with Crippen molar-refractivity contribution in [3.63, 3.8) is 0 Å². The highest BCUT2D eigenvalue weighted by molar-refractivity contribution is 6.05. The number of carbonyl (C=O) groups is 2. The van der Waals surface area contributed by atoms with E-state index in [4.69, 9.17) is 5.11 Å². The number of nitrogens with zero attached hydrogens (tertiary/aromatic N) is 5. The van der Waals surface area contributed by atoms with Crippen LogP contribution >= 0.6 is 0 Å². The lowest BCUT2D eigenvalue weighted by Crippen LogP contribution is -2.64. The lowest BCUT2D eigenvalue weighted by atomic mass is 10.1. The maximum absolute atomic E-state index is 13.2. The molecule has 29 heavy (non-hydrogen) atoms. The van der Waals surface area contributed by atoms with Gasteiger partial charge >= 0.3 is 6.03 Å². The summed E-state index contributed by atoms with van der Waals surface area (Å²) in [5.41, 5.74) is 1.98. The second kappa shape index (κ2) is 7.71. The number of aliphatic hydroxyl groups is 1. The molecule has 2 unspecified atom stereocenters. The fourth-order valence-electron chi connectivity index (χ4n) is 3.93. The van der Waals surface area contributed by atoms with Crippen molar-refractivity contribution < 1.29 is 14.7 Å². The molecule has 8 heteroatoms. The van der Waals surface area contributed by atoms with Gasteiger partial charge in [-0.3, -0.25) is 9.69 Å². The number of hydrogen-bond acceptors (Lipinski definition) is 6. The molecule has 3 heterocycles. The molecule has 3 aliphatic heterocycles. The molecule has 8 nitrogen and oxygen atoms in total. The van der Waals surface area contributed by atoms with Gasteiger partial charge in [-0.25, -0.2) is 9.79 Å². The third kappa shape index (κ3) is 3.29. The molecular weight excluding hydrogens is 370 g/mol. The van der Waals surface area contributed by atoms with Crippen LogP contribution < -0.4 is 0 Å². The summed E-state index contributed by atoms with van der Waals surface area (Å²) in [6, 6.07) is 8.85. The first kappa shape index (κ1) is 19.2. The monoisotopic (exact) mass is 395 g/mol. The fraction of sp³-hybridized carbons (Fsp3) is 0.381. The second-order valence-corrected chi connectivity index (χ2v) is 7.35. The van der Waals surface area contributed by atoms with Gasteiger partial charge in [-0.2, -0.15) is 0 Å². The third-order valence-corrected chi connectivity index (χ3v) is 5.44. The van der Waals surface area contributed by atoms with Crippen molar-refractivity contribution in [3.8, 4) is 0 Å². The van der Waals surface area contributed by atoms with E-state index in [1.165, 1.54) is 9.80 Å². The molecule has 3 aliphatic rings. The number of hydrogen-bond donors (Lipinski definition) is 1.